The first-order valence-electron chi connectivity index (χ1n) is 9.10. The predicted molar refractivity (Wildman–Crippen MR) is 93.4 cm³/mol. The molecule has 0 saturated heterocycles. The van der Waals surface area contributed by atoms with Gasteiger partial charge in [0.1, 0.15) is 0 Å². The van der Waals surface area contributed by atoms with Gasteiger partial charge in [0.05, 0.1) is 0 Å². The van der Waals surface area contributed by atoms with Crippen LogP contribution in [0.5, 0.6) is 0 Å². The molecule has 0 spiro atoms. The van der Waals surface area contributed by atoms with Crippen LogP contribution in [-0.4, -0.2) is 44.2 Å². The summed E-state index contributed by atoms with van der Waals surface area (Å²) in [7, 11) is 1.88. The summed E-state index contributed by atoms with van der Waals surface area (Å²) in [5.41, 5.74) is 0. The van der Waals surface area contributed by atoms with Gasteiger partial charge < -0.3 is 21.3 Å². The zero-order chi connectivity index (χ0) is 16.9. The smallest absolute Gasteiger partial charge is 0.315 e. The van der Waals surface area contributed by atoms with Crippen LogP contribution in [0.4, 0.5) is 4.79 Å². The van der Waals surface area contributed by atoms with E-state index >= 15 is 0 Å². The van der Waals surface area contributed by atoms with Gasteiger partial charge in [-0.05, 0) is 39.7 Å². The summed E-state index contributed by atoms with van der Waals surface area (Å²) >= 11 is 0. The molecule has 134 valence electrons. The highest BCUT2D eigenvalue weighted by atomic mass is 16.2. The summed E-state index contributed by atoms with van der Waals surface area (Å²) in [6, 6.07) is 0.606. The molecule has 1 aliphatic rings. The lowest BCUT2D eigenvalue weighted by Gasteiger charge is -2.22. The molecule has 1 unspecified atom stereocenters. The maximum atomic E-state index is 11.7. The number of rotatable bonds is 10. The lowest BCUT2D eigenvalue weighted by Crippen LogP contribution is -2.43. The molecule has 23 heavy (non-hydrogen) atoms. The van der Waals surface area contributed by atoms with Crippen LogP contribution in [-0.2, 0) is 4.79 Å². The fourth-order valence-electron chi connectivity index (χ4n) is 2.73. The maximum absolute atomic E-state index is 11.7. The number of amides is 3. The minimum Gasteiger partial charge on any atom is -0.355 e. The Morgan fingerprint density at radius 2 is 1.78 bits per heavy atom. The Labute approximate surface area is 140 Å². The van der Waals surface area contributed by atoms with Crippen LogP contribution in [0.1, 0.15) is 64.7 Å². The number of hydrogen-bond donors (Lipinski definition) is 4. The van der Waals surface area contributed by atoms with E-state index in [1.54, 1.807) is 0 Å². The molecule has 1 saturated carbocycles. The molecule has 1 rings (SSSR count). The summed E-state index contributed by atoms with van der Waals surface area (Å²) in [5.74, 6) is 0.107. The normalized spacial score (nSPS) is 16.6. The van der Waals surface area contributed by atoms with Crippen LogP contribution in [0.3, 0.4) is 0 Å². The van der Waals surface area contributed by atoms with E-state index in [0.717, 1.165) is 32.1 Å². The lowest BCUT2D eigenvalue weighted by molar-refractivity contribution is -0.121. The van der Waals surface area contributed by atoms with E-state index in [-0.39, 0.29) is 11.9 Å². The van der Waals surface area contributed by atoms with E-state index in [0.29, 0.717) is 31.6 Å². The number of likely N-dealkylation sites (N-methyl/N-ethyl adjacent to an activating group) is 1. The van der Waals surface area contributed by atoms with Gasteiger partial charge in [0, 0.05) is 31.6 Å². The molecule has 0 bridgehead atoms. The lowest BCUT2D eigenvalue weighted by atomic mass is 9.96. The molecule has 0 radical (unpaired) electrons. The molecule has 1 fully saturated rings. The number of unbranched alkanes of at least 4 members (excludes halogenated alkanes) is 2. The topological polar surface area (TPSA) is 82.3 Å². The van der Waals surface area contributed by atoms with Gasteiger partial charge in [0.15, 0.2) is 0 Å². The van der Waals surface area contributed by atoms with Crippen molar-refractivity contribution in [1.29, 1.82) is 0 Å². The highest BCUT2D eigenvalue weighted by Gasteiger charge is 2.14. The highest BCUT2D eigenvalue weighted by Crippen LogP contribution is 2.17. The Morgan fingerprint density at radius 3 is 2.48 bits per heavy atom. The standard InChI is InChI=1S/C17H34N4O2/c1-14(18-2)13-20-16(22)11-7-4-8-12-19-17(23)21-15-9-5-3-6-10-15/h14-15,18H,3-13H2,1-2H3,(H,20,22)(H2,19,21,23). The summed E-state index contributed by atoms with van der Waals surface area (Å²) in [4.78, 5) is 23.3. The Balaban J connectivity index is 1.92. The summed E-state index contributed by atoms with van der Waals surface area (Å²) in [6.45, 7) is 3.37. The van der Waals surface area contributed by atoms with E-state index in [1.165, 1.54) is 19.3 Å². The number of nitrogens with one attached hydrogen (secondary N) is 4. The first kappa shape index (κ1) is 19.7. The zero-order valence-corrected chi connectivity index (χ0v) is 14.7. The van der Waals surface area contributed by atoms with Crippen molar-refractivity contribution in [3.63, 3.8) is 0 Å². The molecule has 4 N–H and O–H groups in total. The Bertz CT molecular complexity index is 343. The van der Waals surface area contributed by atoms with Crippen LogP contribution in [0.2, 0.25) is 0 Å². The zero-order valence-electron chi connectivity index (χ0n) is 14.7. The van der Waals surface area contributed by atoms with Crippen molar-refractivity contribution in [3.05, 3.63) is 0 Å². The average Bonchev–Trinajstić information content (AvgIpc) is 2.56. The molecule has 0 aromatic carbocycles. The quantitative estimate of drug-likeness (QED) is 0.463. The molecule has 0 heterocycles. The van der Waals surface area contributed by atoms with E-state index in [1.807, 2.05) is 14.0 Å². The van der Waals surface area contributed by atoms with Crippen LogP contribution in [0, 0.1) is 0 Å². The number of carbonyl (C=O) groups is 2. The number of carbonyl (C=O) groups excluding carboxylic acids is 2. The third-order valence-electron chi connectivity index (χ3n) is 4.40. The number of hydrogen-bond acceptors (Lipinski definition) is 3. The Kier molecular flexibility index (Phi) is 10.4. The third kappa shape index (κ3) is 10.2. The van der Waals surface area contributed by atoms with Gasteiger partial charge in [-0.25, -0.2) is 4.79 Å². The molecule has 1 aliphatic carbocycles. The van der Waals surface area contributed by atoms with Crippen molar-refractivity contribution < 1.29 is 9.59 Å². The molecule has 0 aliphatic heterocycles. The van der Waals surface area contributed by atoms with Gasteiger partial charge in [0.2, 0.25) is 5.91 Å². The highest BCUT2D eigenvalue weighted by molar-refractivity contribution is 5.75. The first-order chi connectivity index (χ1) is 11.1. The summed E-state index contributed by atoms with van der Waals surface area (Å²) in [6.07, 6.45) is 9.25. The van der Waals surface area contributed by atoms with Crippen molar-refractivity contribution in [3.8, 4) is 0 Å². The second-order valence-electron chi connectivity index (χ2n) is 6.54. The third-order valence-corrected chi connectivity index (χ3v) is 4.40. The first-order valence-corrected chi connectivity index (χ1v) is 9.10. The second kappa shape index (κ2) is 12.2. The van der Waals surface area contributed by atoms with Gasteiger partial charge in [-0.2, -0.15) is 0 Å². The SMILES string of the molecule is CNC(C)CNC(=O)CCCCCNC(=O)NC1CCCCC1. The van der Waals surface area contributed by atoms with E-state index in [4.69, 9.17) is 0 Å². The van der Waals surface area contributed by atoms with Crippen molar-refractivity contribution >= 4 is 11.9 Å². The minimum atomic E-state index is -0.0457. The van der Waals surface area contributed by atoms with Crippen LogP contribution < -0.4 is 21.3 Å². The fourth-order valence-corrected chi connectivity index (χ4v) is 2.73. The summed E-state index contributed by atoms with van der Waals surface area (Å²) < 4.78 is 0. The van der Waals surface area contributed by atoms with Crippen LogP contribution in [0.25, 0.3) is 0 Å². The van der Waals surface area contributed by atoms with Crippen molar-refractivity contribution in [2.45, 2.75) is 76.8 Å². The molecular formula is C17H34N4O2. The maximum Gasteiger partial charge on any atom is 0.315 e. The van der Waals surface area contributed by atoms with Gasteiger partial charge >= 0.3 is 6.03 Å². The largest absolute Gasteiger partial charge is 0.355 e. The Morgan fingerprint density at radius 1 is 1.04 bits per heavy atom. The molecule has 3 amide bonds. The number of urea groups is 1. The minimum absolute atomic E-state index is 0.0457. The van der Waals surface area contributed by atoms with Gasteiger partial charge in [0.25, 0.3) is 0 Å². The van der Waals surface area contributed by atoms with Gasteiger partial charge in [-0.1, -0.05) is 25.7 Å². The van der Waals surface area contributed by atoms with Gasteiger partial charge in [-0.3, -0.25) is 4.79 Å². The molecule has 6 heteroatoms. The molecule has 0 aromatic heterocycles. The second-order valence-corrected chi connectivity index (χ2v) is 6.54. The molecule has 6 nitrogen and oxygen atoms in total. The van der Waals surface area contributed by atoms with Crippen LogP contribution >= 0.6 is 0 Å². The van der Waals surface area contributed by atoms with E-state index in [9.17, 15) is 9.59 Å². The van der Waals surface area contributed by atoms with Crippen molar-refractivity contribution in [2.75, 3.05) is 20.1 Å². The summed E-state index contributed by atoms with van der Waals surface area (Å²) in [5, 5.41) is 11.9. The average molecular weight is 326 g/mol. The molecular weight excluding hydrogens is 292 g/mol. The monoisotopic (exact) mass is 326 g/mol. The van der Waals surface area contributed by atoms with Crippen LogP contribution in [0.15, 0.2) is 0 Å². The van der Waals surface area contributed by atoms with E-state index in [2.05, 4.69) is 21.3 Å². The Hall–Kier alpha value is -1.30. The van der Waals surface area contributed by atoms with E-state index < -0.39 is 0 Å². The van der Waals surface area contributed by atoms with Crippen molar-refractivity contribution in [1.82, 2.24) is 21.3 Å². The fraction of sp³-hybridized carbons (Fsp3) is 0.882. The molecule has 0 aromatic rings. The molecule has 1 atom stereocenters. The predicted octanol–water partition coefficient (Wildman–Crippen LogP) is 1.90. The van der Waals surface area contributed by atoms with Gasteiger partial charge in [-0.15, -0.1) is 0 Å². The van der Waals surface area contributed by atoms with Crippen molar-refractivity contribution in [2.24, 2.45) is 0 Å².